The standard InChI is InChI=1S/C12H20O3/c1-5-15-11(14)10-7-9(6-8(2)13)12(10,3)4/h9-10H,5-7H2,1-4H3/t9-,10-/m0/s1. The molecule has 3 nitrogen and oxygen atoms in total. The molecule has 86 valence electrons. The molecule has 0 N–H and O–H groups in total. The Balaban J connectivity index is 2.55. The molecule has 1 saturated carbocycles. The van der Waals surface area contributed by atoms with Crippen LogP contribution >= 0.6 is 0 Å². The van der Waals surface area contributed by atoms with Crippen molar-refractivity contribution in [3.63, 3.8) is 0 Å². The van der Waals surface area contributed by atoms with E-state index in [1.807, 2.05) is 20.8 Å². The van der Waals surface area contributed by atoms with Gasteiger partial charge in [-0.25, -0.2) is 0 Å². The van der Waals surface area contributed by atoms with Crippen LogP contribution in [0.4, 0.5) is 0 Å². The van der Waals surface area contributed by atoms with Crippen LogP contribution in [0.25, 0.3) is 0 Å². The number of ketones is 1. The van der Waals surface area contributed by atoms with Crippen LogP contribution in [0.1, 0.15) is 40.5 Å². The Hall–Kier alpha value is -0.860. The SMILES string of the molecule is CCOC(=O)[C@@H]1C[C@H](CC(C)=O)C1(C)C. The summed E-state index contributed by atoms with van der Waals surface area (Å²) < 4.78 is 5.01. The van der Waals surface area contributed by atoms with E-state index in [0.29, 0.717) is 18.9 Å². The lowest BCUT2D eigenvalue weighted by molar-refractivity contribution is -0.166. The lowest BCUT2D eigenvalue weighted by Gasteiger charge is -2.50. The van der Waals surface area contributed by atoms with E-state index in [2.05, 4.69) is 0 Å². The highest BCUT2D eigenvalue weighted by molar-refractivity contribution is 5.78. The predicted molar refractivity (Wildman–Crippen MR) is 57.3 cm³/mol. The van der Waals surface area contributed by atoms with E-state index in [1.54, 1.807) is 6.92 Å². The van der Waals surface area contributed by atoms with Gasteiger partial charge in [0.2, 0.25) is 0 Å². The van der Waals surface area contributed by atoms with Gasteiger partial charge < -0.3 is 9.53 Å². The maximum atomic E-state index is 11.6. The topological polar surface area (TPSA) is 43.4 Å². The number of rotatable bonds is 4. The van der Waals surface area contributed by atoms with Crippen molar-refractivity contribution < 1.29 is 14.3 Å². The molecule has 0 aromatic carbocycles. The van der Waals surface area contributed by atoms with Crippen molar-refractivity contribution in [2.75, 3.05) is 6.61 Å². The van der Waals surface area contributed by atoms with Gasteiger partial charge in [0.05, 0.1) is 12.5 Å². The van der Waals surface area contributed by atoms with Crippen molar-refractivity contribution in [3.05, 3.63) is 0 Å². The molecule has 15 heavy (non-hydrogen) atoms. The second-order valence-corrected chi connectivity index (χ2v) is 4.96. The van der Waals surface area contributed by atoms with Gasteiger partial charge in [-0.2, -0.15) is 0 Å². The smallest absolute Gasteiger partial charge is 0.309 e. The summed E-state index contributed by atoms with van der Waals surface area (Å²) in [6, 6.07) is 0. The van der Waals surface area contributed by atoms with E-state index in [4.69, 9.17) is 4.74 Å². The number of hydrogen-bond acceptors (Lipinski definition) is 3. The van der Waals surface area contributed by atoms with Crippen molar-refractivity contribution in [3.8, 4) is 0 Å². The molecule has 0 aromatic heterocycles. The Morgan fingerprint density at radius 3 is 2.40 bits per heavy atom. The molecule has 1 fully saturated rings. The van der Waals surface area contributed by atoms with Crippen LogP contribution in [-0.4, -0.2) is 18.4 Å². The normalized spacial score (nSPS) is 28.0. The van der Waals surface area contributed by atoms with Gasteiger partial charge in [-0.15, -0.1) is 0 Å². The van der Waals surface area contributed by atoms with E-state index >= 15 is 0 Å². The van der Waals surface area contributed by atoms with Crippen molar-refractivity contribution in [1.82, 2.24) is 0 Å². The zero-order valence-electron chi connectivity index (χ0n) is 10.0. The van der Waals surface area contributed by atoms with E-state index < -0.39 is 0 Å². The fourth-order valence-electron chi connectivity index (χ4n) is 2.35. The summed E-state index contributed by atoms with van der Waals surface area (Å²) >= 11 is 0. The fourth-order valence-corrected chi connectivity index (χ4v) is 2.35. The average molecular weight is 212 g/mol. The Kier molecular flexibility index (Phi) is 3.53. The molecule has 1 aliphatic carbocycles. The lowest BCUT2D eigenvalue weighted by Crippen LogP contribution is -2.49. The highest BCUT2D eigenvalue weighted by Crippen LogP contribution is 2.53. The molecular weight excluding hydrogens is 192 g/mol. The minimum absolute atomic E-state index is 0.0261. The molecule has 0 heterocycles. The van der Waals surface area contributed by atoms with Gasteiger partial charge in [0.25, 0.3) is 0 Å². The highest BCUT2D eigenvalue weighted by atomic mass is 16.5. The summed E-state index contributed by atoms with van der Waals surface area (Å²) in [6.45, 7) is 7.95. The van der Waals surface area contributed by atoms with Crippen LogP contribution in [0, 0.1) is 17.3 Å². The number of ether oxygens (including phenoxy) is 1. The minimum atomic E-state index is -0.109. The third kappa shape index (κ3) is 2.39. The summed E-state index contributed by atoms with van der Waals surface area (Å²) in [5.41, 5.74) is -0.0854. The van der Waals surface area contributed by atoms with Crippen LogP contribution in [-0.2, 0) is 14.3 Å². The van der Waals surface area contributed by atoms with Gasteiger partial charge in [0, 0.05) is 6.42 Å². The van der Waals surface area contributed by atoms with Crippen molar-refractivity contribution in [2.24, 2.45) is 17.3 Å². The van der Waals surface area contributed by atoms with Crippen molar-refractivity contribution >= 4 is 11.8 Å². The number of hydrogen-bond donors (Lipinski definition) is 0. The maximum Gasteiger partial charge on any atom is 0.309 e. The maximum absolute atomic E-state index is 11.6. The first-order valence-electron chi connectivity index (χ1n) is 5.55. The Labute approximate surface area is 91.2 Å². The van der Waals surface area contributed by atoms with E-state index in [9.17, 15) is 9.59 Å². The second kappa shape index (κ2) is 4.33. The number of esters is 1. The van der Waals surface area contributed by atoms with Gasteiger partial charge in [0.1, 0.15) is 5.78 Å². The van der Waals surface area contributed by atoms with Gasteiger partial charge in [0.15, 0.2) is 0 Å². The molecule has 0 aromatic rings. The molecule has 0 bridgehead atoms. The quantitative estimate of drug-likeness (QED) is 0.671. The summed E-state index contributed by atoms with van der Waals surface area (Å²) in [5, 5.41) is 0. The van der Waals surface area contributed by atoms with Gasteiger partial charge in [-0.3, -0.25) is 4.79 Å². The first-order chi connectivity index (χ1) is 6.89. The van der Waals surface area contributed by atoms with Crippen LogP contribution in [0.5, 0.6) is 0 Å². The van der Waals surface area contributed by atoms with Crippen molar-refractivity contribution in [1.29, 1.82) is 0 Å². The predicted octanol–water partition coefficient (Wildman–Crippen LogP) is 2.19. The van der Waals surface area contributed by atoms with E-state index in [1.165, 1.54) is 0 Å². The molecule has 0 saturated heterocycles. The first-order valence-corrected chi connectivity index (χ1v) is 5.55. The van der Waals surface area contributed by atoms with Gasteiger partial charge >= 0.3 is 5.97 Å². The average Bonchev–Trinajstić information content (AvgIpc) is 2.11. The molecule has 3 heteroatoms. The zero-order valence-corrected chi connectivity index (χ0v) is 10.0. The fraction of sp³-hybridized carbons (Fsp3) is 0.833. The summed E-state index contributed by atoms with van der Waals surface area (Å²) in [4.78, 5) is 22.6. The molecule has 2 atom stereocenters. The summed E-state index contributed by atoms with van der Waals surface area (Å²) in [7, 11) is 0. The van der Waals surface area contributed by atoms with Crippen LogP contribution in [0.3, 0.4) is 0 Å². The monoisotopic (exact) mass is 212 g/mol. The Bertz CT molecular complexity index is 268. The number of carbonyl (C=O) groups excluding carboxylic acids is 2. The number of Topliss-reactive ketones (excluding diaryl/α,β-unsaturated/α-hetero) is 1. The summed E-state index contributed by atoms with van der Waals surface area (Å²) in [6.07, 6.45) is 1.38. The van der Waals surface area contributed by atoms with Gasteiger partial charge in [-0.1, -0.05) is 13.8 Å². The third-order valence-electron chi connectivity index (χ3n) is 3.58. The lowest BCUT2D eigenvalue weighted by atomic mass is 9.53. The van der Waals surface area contributed by atoms with Gasteiger partial charge in [-0.05, 0) is 31.6 Å². The van der Waals surface area contributed by atoms with Crippen LogP contribution < -0.4 is 0 Å². The Morgan fingerprint density at radius 1 is 1.40 bits per heavy atom. The molecule has 0 aliphatic heterocycles. The highest BCUT2D eigenvalue weighted by Gasteiger charge is 2.52. The van der Waals surface area contributed by atoms with Crippen LogP contribution in [0.15, 0.2) is 0 Å². The molecule has 0 spiro atoms. The Morgan fingerprint density at radius 2 is 2.00 bits per heavy atom. The van der Waals surface area contributed by atoms with Crippen LogP contribution in [0.2, 0.25) is 0 Å². The van der Waals surface area contributed by atoms with E-state index in [-0.39, 0.29) is 23.1 Å². The second-order valence-electron chi connectivity index (χ2n) is 4.96. The van der Waals surface area contributed by atoms with E-state index in [0.717, 1.165) is 6.42 Å². The summed E-state index contributed by atoms with van der Waals surface area (Å²) in [5.74, 6) is 0.406. The molecule has 1 rings (SSSR count). The molecule has 0 radical (unpaired) electrons. The number of carbonyl (C=O) groups is 2. The molecule has 0 amide bonds. The largest absolute Gasteiger partial charge is 0.466 e. The zero-order chi connectivity index (χ0) is 11.6. The molecular formula is C12H20O3. The molecule has 1 aliphatic rings. The van der Waals surface area contributed by atoms with Crippen molar-refractivity contribution in [2.45, 2.75) is 40.5 Å². The minimum Gasteiger partial charge on any atom is -0.466 e. The third-order valence-corrected chi connectivity index (χ3v) is 3.58. The molecule has 0 unspecified atom stereocenters. The first kappa shape index (κ1) is 12.2.